The topological polar surface area (TPSA) is 77.9 Å². The van der Waals surface area contributed by atoms with Gasteiger partial charge in [0.15, 0.2) is 0 Å². The minimum Gasteiger partial charge on any atom is -0.396 e. The summed E-state index contributed by atoms with van der Waals surface area (Å²) >= 11 is 0.902. The van der Waals surface area contributed by atoms with Gasteiger partial charge >= 0.3 is 0 Å². The van der Waals surface area contributed by atoms with E-state index in [0.29, 0.717) is 17.9 Å². The predicted molar refractivity (Wildman–Crippen MR) is 114 cm³/mol. The van der Waals surface area contributed by atoms with Crippen molar-refractivity contribution in [3.8, 4) is 0 Å². The maximum atomic E-state index is 12.6. The number of hydrogen-bond acceptors (Lipinski definition) is 5. The lowest BCUT2D eigenvalue weighted by molar-refractivity contribution is -0.135. The van der Waals surface area contributed by atoms with Gasteiger partial charge in [0.1, 0.15) is 0 Å². The largest absolute Gasteiger partial charge is 0.396 e. The number of likely N-dealkylation sites (tertiary alicyclic amines) is 1. The lowest BCUT2D eigenvalue weighted by Crippen LogP contribution is -2.45. The molecule has 154 valence electrons. The summed E-state index contributed by atoms with van der Waals surface area (Å²) in [5, 5.41) is 8.87. The van der Waals surface area contributed by atoms with Gasteiger partial charge in [-0.2, -0.15) is 0 Å². The van der Waals surface area contributed by atoms with Crippen LogP contribution in [0.3, 0.4) is 0 Å². The number of piperidine rings is 1. The summed E-state index contributed by atoms with van der Waals surface area (Å²) in [6, 6.07) is 9.74. The highest BCUT2D eigenvalue weighted by Gasteiger charge is 2.35. The van der Waals surface area contributed by atoms with Gasteiger partial charge in [0.05, 0.1) is 4.91 Å². The Morgan fingerprint density at radius 2 is 2.00 bits per heavy atom. The monoisotopic (exact) mass is 414 g/mol. The average Bonchev–Trinajstić information content (AvgIpc) is 3.00. The van der Waals surface area contributed by atoms with E-state index in [-0.39, 0.29) is 42.7 Å². The number of amides is 3. The highest BCUT2D eigenvalue weighted by molar-refractivity contribution is 8.18. The molecule has 0 aromatic heterocycles. The van der Waals surface area contributed by atoms with Crippen LogP contribution < -0.4 is 0 Å². The second-order valence-electron chi connectivity index (χ2n) is 7.12. The average molecular weight is 415 g/mol. The Labute approximate surface area is 175 Å². The molecule has 2 heterocycles. The number of nitrogens with zero attached hydrogens (tertiary/aromatic N) is 2. The van der Waals surface area contributed by atoms with Crippen LogP contribution in [-0.4, -0.2) is 57.7 Å². The summed E-state index contributed by atoms with van der Waals surface area (Å²) in [4.78, 5) is 40.7. The molecule has 0 saturated carbocycles. The van der Waals surface area contributed by atoms with Crippen molar-refractivity contribution < 1.29 is 19.5 Å². The Morgan fingerprint density at radius 1 is 1.21 bits per heavy atom. The number of carbonyl (C=O) groups excluding carboxylic acids is 3. The fraction of sp³-hybridized carbons (Fsp3) is 0.409. The van der Waals surface area contributed by atoms with Gasteiger partial charge < -0.3 is 10.0 Å². The molecule has 29 heavy (non-hydrogen) atoms. The first kappa shape index (κ1) is 21.3. The zero-order valence-corrected chi connectivity index (χ0v) is 17.1. The van der Waals surface area contributed by atoms with Gasteiger partial charge in [-0.3, -0.25) is 19.3 Å². The molecule has 6 nitrogen and oxygen atoms in total. The second-order valence-corrected chi connectivity index (χ2v) is 8.12. The van der Waals surface area contributed by atoms with Gasteiger partial charge in [-0.1, -0.05) is 42.5 Å². The molecular weight excluding hydrogens is 388 g/mol. The number of carbonyl (C=O) groups is 3. The Morgan fingerprint density at radius 3 is 2.76 bits per heavy atom. The van der Waals surface area contributed by atoms with E-state index in [1.54, 1.807) is 17.1 Å². The molecular formula is C22H26N2O4S. The highest BCUT2D eigenvalue weighted by atomic mass is 32.2. The van der Waals surface area contributed by atoms with Crippen LogP contribution in [0.15, 0.2) is 47.4 Å². The number of imide groups is 1. The zero-order chi connectivity index (χ0) is 20.6. The number of aliphatic hydroxyl groups excluding tert-OH is 1. The molecule has 1 unspecified atom stereocenters. The van der Waals surface area contributed by atoms with Crippen LogP contribution in [0.5, 0.6) is 0 Å². The summed E-state index contributed by atoms with van der Waals surface area (Å²) in [5.41, 5.74) is 1.01. The number of aliphatic hydroxyl groups is 1. The van der Waals surface area contributed by atoms with Crippen LogP contribution in [-0.2, 0) is 9.59 Å². The number of allylic oxidation sites excluding steroid dienone is 2. The second kappa shape index (κ2) is 10.4. The Hall–Kier alpha value is -2.38. The van der Waals surface area contributed by atoms with Gasteiger partial charge in [-0.15, -0.1) is 0 Å². The zero-order valence-electron chi connectivity index (χ0n) is 16.3. The third kappa shape index (κ3) is 5.58. The Bertz CT molecular complexity index is 804. The van der Waals surface area contributed by atoms with E-state index < -0.39 is 0 Å². The first-order valence-corrected chi connectivity index (χ1v) is 10.8. The van der Waals surface area contributed by atoms with Gasteiger partial charge in [0, 0.05) is 32.2 Å². The minimum atomic E-state index is -0.351. The van der Waals surface area contributed by atoms with E-state index in [4.69, 9.17) is 0 Å². The summed E-state index contributed by atoms with van der Waals surface area (Å²) < 4.78 is 0. The van der Waals surface area contributed by atoms with E-state index in [2.05, 4.69) is 0 Å². The predicted octanol–water partition coefficient (Wildman–Crippen LogP) is 3.43. The van der Waals surface area contributed by atoms with Crippen molar-refractivity contribution >= 4 is 34.9 Å². The van der Waals surface area contributed by atoms with Gasteiger partial charge in [-0.05, 0) is 49.1 Å². The number of rotatable bonds is 7. The molecule has 1 aromatic rings. The molecule has 1 atom stereocenters. The van der Waals surface area contributed by atoms with Crippen LogP contribution in [0.25, 0.3) is 6.08 Å². The molecule has 3 rings (SSSR count). The highest BCUT2D eigenvalue weighted by Crippen LogP contribution is 2.31. The lowest BCUT2D eigenvalue weighted by Gasteiger charge is -2.36. The van der Waals surface area contributed by atoms with E-state index in [1.807, 2.05) is 36.4 Å². The summed E-state index contributed by atoms with van der Waals surface area (Å²) in [6.45, 7) is 0.819. The van der Waals surface area contributed by atoms with Crippen LogP contribution in [0.1, 0.15) is 37.7 Å². The molecule has 0 aliphatic carbocycles. The lowest BCUT2D eigenvalue weighted by atomic mass is 9.99. The first-order valence-electron chi connectivity index (χ1n) is 9.97. The Balaban J connectivity index is 1.56. The smallest absolute Gasteiger partial charge is 0.293 e. The maximum absolute atomic E-state index is 12.6. The van der Waals surface area contributed by atoms with Crippen molar-refractivity contribution in [1.29, 1.82) is 0 Å². The molecule has 0 bridgehead atoms. The van der Waals surface area contributed by atoms with Crippen molar-refractivity contribution in [1.82, 2.24) is 9.80 Å². The summed E-state index contributed by atoms with van der Waals surface area (Å²) in [6.07, 6.45) is 8.85. The normalized spacial score (nSPS) is 21.6. The molecule has 0 radical (unpaired) electrons. The summed E-state index contributed by atoms with van der Waals surface area (Å²) in [5.74, 6) is -0.411. The maximum Gasteiger partial charge on any atom is 0.293 e. The van der Waals surface area contributed by atoms with Crippen LogP contribution in [0.4, 0.5) is 4.79 Å². The molecule has 2 aliphatic heterocycles. The van der Waals surface area contributed by atoms with Crippen LogP contribution in [0.2, 0.25) is 0 Å². The van der Waals surface area contributed by atoms with E-state index in [0.717, 1.165) is 41.5 Å². The van der Waals surface area contributed by atoms with Gasteiger partial charge in [0.2, 0.25) is 5.91 Å². The van der Waals surface area contributed by atoms with Crippen LogP contribution >= 0.6 is 11.8 Å². The van der Waals surface area contributed by atoms with Gasteiger partial charge in [0.25, 0.3) is 11.1 Å². The molecule has 3 amide bonds. The van der Waals surface area contributed by atoms with E-state index in [9.17, 15) is 19.5 Å². The molecule has 1 aromatic carbocycles. The van der Waals surface area contributed by atoms with Crippen molar-refractivity contribution in [2.45, 2.75) is 38.1 Å². The Kier molecular flexibility index (Phi) is 7.66. The first-order chi connectivity index (χ1) is 14.1. The standard InChI is InChI=1S/C22H26N2O4S/c25-16-13-18-10-4-5-14-23(18)20(26)12-15-24-21(27)19(29-22(24)28)11-6-9-17-7-2-1-3-8-17/h1-3,6-9,11,18,25H,4-5,10,12-16H2/b9-6+,19-11-. The van der Waals surface area contributed by atoms with Crippen molar-refractivity contribution in [3.63, 3.8) is 0 Å². The number of thioether (sulfide) groups is 1. The molecule has 7 heteroatoms. The van der Waals surface area contributed by atoms with Crippen molar-refractivity contribution in [2.75, 3.05) is 19.7 Å². The number of hydrogen-bond donors (Lipinski definition) is 1. The van der Waals surface area contributed by atoms with Gasteiger partial charge in [-0.25, -0.2) is 0 Å². The third-order valence-corrected chi connectivity index (χ3v) is 6.09. The molecule has 0 spiro atoms. The molecule has 1 N–H and O–H groups in total. The number of benzene rings is 1. The third-order valence-electron chi connectivity index (χ3n) is 5.17. The fourth-order valence-electron chi connectivity index (χ4n) is 3.65. The molecule has 2 aliphatic rings. The fourth-order valence-corrected chi connectivity index (χ4v) is 4.46. The van der Waals surface area contributed by atoms with E-state index in [1.165, 1.54) is 0 Å². The molecule has 2 saturated heterocycles. The summed E-state index contributed by atoms with van der Waals surface area (Å²) in [7, 11) is 0. The van der Waals surface area contributed by atoms with E-state index >= 15 is 0 Å². The quantitative estimate of drug-likeness (QED) is 0.692. The van der Waals surface area contributed by atoms with Crippen LogP contribution in [0, 0.1) is 0 Å². The van der Waals surface area contributed by atoms with Crippen molar-refractivity contribution in [3.05, 3.63) is 53.0 Å². The SMILES string of the molecule is O=C1S/C(=C\C=C\c2ccccc2)C(=O)N1CCC(=O)N1CCCCC1CCO. The van der Waals surface area contributed by atoms with Crippen molar-refractivity contribution in [2.24, 2.45) is 0 Å². The molecule has 2 fully saturated rings. The minimum absolute atomic E-state index is 0.0544.